The first kappa shape index (κ1) is 14.0. The van der Waals surface area contributed by atoms with E-state index in [1.54, 1.807) is 12.4 Å². The number of nitrogens with one attached hydrogen (secondary N) is 1. The summed E-state index contributed by atoms with van der Waals surface area (Å²) in [6, 6.07) is 3.87. The highest BCUT2D eigenvalue weighted by Gasteiger charge is 2.27. The van der Waals surface area contributed by atoms with Crippen molar-refractivity contribution in [2.75, 3.05) is 0 Å². The van der Waals surface area contributed by atoms with Gasteiger partial charge in [-0.3, -0.25) is 9.78 Å². The number of carbonyl (C=O) groups is 1. The maximum absolute atomic E-state index is 12.3. The Morgan fingerprint density at radius 1 is 1.32 bits per heavy atom. The van der Waals surface area contributed by atoms with Gasteiger partial charge in [-0.2, -0.15) is 0 Å². The largest absolute Gasteiger partial charge is 0.349 e. The third-order valence-electron chi connectivity index (χ3n) is 3.97. The first-order chi connectivity index (χ1) is 9.18. The molecule has 0 aliphatic heterocycles. The summed E-state index contributed by atoms with van der Waals surface area (Å²) >= 11 is 0. The number of pyridine rings is 1. The Bertz CT molecular complexity index is 407. The van der Waals surface area contributed by atoms with Crippen molar-refractivity contribution in [2.45, 2.75) is 51.1 Å². The third-order valence-corrected chi connectivity index (χ3v) is 3.97. The lowest BCUT2D eigenvalue weighted by Gasteiger charge is -2.23. The monoisotopic (exact) mass is 261 g/mol. The second-order valence-electron chi connectivity index (χ2n) is 5.42. The van der Waals surface area contributed by atoms with E-state index in [0.717, 1.165) is 31.2 Å². The molecule has 2 rings (SSSR count). The van der Waals surface area contributed by atoms with Crippen molar-refractivity contribution in [3.05, 3.63) is 30.1 Å². The molecular formula is C15H23N3O. The number of rotatable bonds is 3. The predicted octanol–water partition coefficient (Wildman–Crippen LogP) is 2.17. The standard InChI is InChI=1S/C15H23N3O/c1-11(12-7-9-17-10-8-12)18-15(19)13-5-3-2-4-6-14(13)16/h7-11,13-14H,2-6,16H2,1H3,(H,18,19)/t11-,13?,14?/m0/s1. The number of carbonyl (C=O) groups excluding carboxylic acids is 1. The van der Waals surface area contributed by atoms with Gasteiger partial charge in [0.05, 0.1) is 12.0 Å². The zero-order valence-electron chi connectivity index (χ0n) is 11.5. The van der Waals surface area contributed by atoms with Crippen LogP contribution in [0.5, 0.6) is 0 Å². The fourth-order valence-corrected chi connectivity index (χ4v) is 2.72. The van der Waals surface area contributed by atoms with Gasteiger partial charge in [-0.25, -0.2) is 0 Å². The Labute approximate surface area is 114 Å². The van der Waals surface area contributed by atoms with E-state index in [2.05, 4.69) is 10.3 Å². The van der Waals surface area contributed by atoms with Crippen LogP contribution in [0.25, 0.3) is 0 Å². The van der Waals surface area contributed by atoms with Crippen LogP contribution in [0.3, 0.4) is 0 Å². The summed E-state index contributed by atoms with van der Waals surface area (Å²) in [5, 5.41) is 3.08. The van der Waals surface area contributed by atoms with E-state index in [-0.39, 0.29) is 23.9 Å². The lowest BCUT2D eigenvalue weighted by Crippen LogP contribution is -2.42. The molecule has 4 nitrogen and oxygen atoms in total. The second-order valence-corrected chi connectivity index (χ2v) is 5.42. The molecule has 2 unspecified atom stereocenters. The van der Waals surface area contributed by atoms with Crippen LogP contribution in [0.15, 0.2) is 24.5 Å². The van der Waals surface area contributed by atoms with Gasteiger partial charge in [0.25, 0.3) is 0 Å². The van der Waals surface area contributed by atoms with E-state index in [9.17, 15) is 4.79 Å². The normalized spacial score (nSPS) is 25.4. The summed E-state index contributed by atoms with van der Waals surface area (Å²) in [6.07, 6.45) is 8.81. The minimum Gasteiger partial charge on any atom is -0.349 e. The van der Waals surface area contributed by atoms with E-state index >= 15 is 0 Å². The number of hydrogen-bond acceptors (Lipinski definition) is 3. The lowest BCUT2D eigenvalue weighted by molar-refractivity contribution is -0.126. The number of nitrogens with zero attached hydrogens (tertiary/aromatic N) is 1. The van der Waals surface area contributed by atoms with E-state index in [1.165, 1.54) is 6.42 Å². The maximum atomic E-state index is 12.3. The van der Waals surface area contributed by atoms with Crippen molar-refractivity contribution in [1.82, 2.24) is 10.3 Å². The third kappa shape index (κ3) is 3.77. The Hall–Kier alpha value is -1.42. The minimum atomic E-state index is -0.0354. The maximum Gasteiger partial charge on any atom is 0.225 e. The number of amides is 1. The predicted molar refractivity (Wildman–Crippen MR) is 75.3 cm³/mol. The van der Waals surface area contributed by atoms with Gasteiger partial charge in [0.15, 0.2) is 0 Å². The van der Waals surface area contributed by atoms with Gasteiger partial charge in [-0.05, 0) is 37.5 Å². The summed E-state index contributed by atoms with van der Waals surface area (Å²) in [6.45, 7) is 2.00. The van der Waals surface area contributed by atoms with Gasteiger partial charge in [-0.1, -0.05) is 19.3 Å². The first-order valence-electron chi connectivity index (χ1n) is 7.14. The van der Waals surface area contributed by atoms with Crippen LogP contribution >= 0.6 is 0 Å². The number of aromatic nitrogens is 1. The summed E-state index contributed by atoms with van der Waals surface area (Å²) in [4.78, 5) is 16.3. The Morgan fingerprint density at radius 2 is 2.00 bits per heavy atom. The summed E-state index contributed by atoms with van der Waals surface area (Å²) in [5.74, 6) is 0.0606. The van der Waals surface area contributed by atoms with Crippen molar-refractivity contribution < 1.29 is 4.79 Å². The zero-order chi connectivity index (χ0) is 13.7. The van der Waals surface area contributed by atoms with Crippen LogP contribution in [-0.4, -0.2) is 16.9 Å². The highest BCUT2D eigenvalue weighted by Crippen LogP contribution is 2.23. The van der Waals surface area contributed by atoms with Gasteiger partial charge in [0.1, 0.15) is 0 Å². The average Bonchev–Trinajstić information content (AvgIpc) is 2.64. The topological polar surface area (TPSA) is 68.0 Å². The van der Waals surface area contributed by atoms with Crippen LogP contribution < -0.4 is 11.1 Å². The molecule has 1 aromatic rings. The van der Waals surface area contributed by atoms with Crippen LogP contribution in [0.1, 0.15) is 50.6 Å². The first-order valence-corrected chi connectivity index (χ1v) is 7.14. The molecule has 0 saturated heterocycles. The molecular weight excluding hydrogens is 238 g/mol. The molecule has 4 heteroatoms. The van der Waals surface area contributed by atoms with E-state index in [0.29, 0.717) is 0 Å². The highest BCUT2D eigenvalue weighted by atomic mass is 16.2. The zero-order valence-corrected chi connectivity index (χ0v) is 11.5. The Morgan fingerprint density at radius 3 is 2.74 bits per heavy atom. The Kier molecular flexibility index (Phi) is 4.91. The molecule has 19 heavy (non-hydrogen) atoms. The minimum absolute atomic E-state index is 0.00551. The van der Waals surface area contributed by atoms with E-state index < -0.39 is 0 Å². The molecule has 1 fully saturated rings. The smallest absolute Gasteiger partial charge is 0.225 e. The van der Waals surface area contributed by atoms with Crippen molar-refractivity contribution in [1.29, 1.82) is 0 Å². The molecule has 0 bridgehead atoms. The molecule has 1 aliphatic rings. The molecule has 3 N–H and O–H groups in total. The Balaban J connectivity index is 1.96. The summed E-state index contributed by atoms with van der Waals surface area (Å²) in [5.41, 5.74) is 7.20. The van der Waals surface area contributed by atoms with Crippen LogP contribution in [-0.2, 0) is 4.79 Å². The molecule has 1 saturated carbocycles. The molecule has 1 amide bonds. The van der Waals surface area contributed by atoms with Crippen LogP contribution in [0, 0.1) is 5.92 Å². The SMILES string of the molecule is C[C@H](NC(=O)C1CCCCCC1N)c1ccncc1. The van der Waals surface area contributed by atoms with Crippen molar-refractivity contribution in [3.63, 3.8) is 0 Å². The highest BCUT2D eigenvalue weighted by molar-refractivity contribution is 5.79. The fourth-order valence-electron chi connectivity index (χ4n) is 2.72. The van der Waals surface area contributed by atoms with Crippen LogP contribution in [0.4, 0.5) is 0 Å². The fraction of sp³-hybridized carbons (Fsp3) is 0.600. The van der Waals surface area contributed by atoms with Crippen molar-refractivity contribution in [3.8, 4) is 0 Å². The number of hydrogen-bond donors (Lipinski definition) is 2. The van der Waals surface area contributed by atoms with E-state index in [4.69, 9.17) is 5.73 Å². The quantitative estimate of drug-likeness (QED) is 0.819. The molecule has 104 valence electrons. The molecule has 0 spiro atoms. The van der Waals surface area contributed by atoms with Crippen molar-refractivity contribution >= 4 is 5.91 Å². The van der Waals surface area contributed by atoms with Gasteiger partial charge >= 0.3 is 0 Å². The van der Waals surface area contributed by atoms with Crippen LogP contribution in [0.2, 0.25) is 0 Å². The van der Waals surface area contributed by atoms with Gasteiger partial charge in [-0.15, -0.1) is 0 Å². The van der Waals surface area contributed by atoms with Gasteiger partial charge in [0.2, 0.25) is 5.91 Å². The molecule has 1 aliphatic carbocycles. The molecule has 3 atom stereocenters. The van der Waals surface area contributed by atoms with E-state index in [1.807, 2.05) is 19.1 Å². The second kappa shape index (κ2) is 6.66. The average molecular weight is 261 g/mol. The van der Waals surface area contributed by atoms with Gasteiger partial charge < -0.3 is 11.1 Å². The number of nitrogens with two attached hydrogens (primary N) is 1. The molecule has 1 heterocycles. The summed E-state index contributed by atoms with van der Waals surface area (Å²) in [7, 11) is 0. The molecule has 1 aromatic heterocycles. The molecule has 0 radical (unpaired) electrons. The van der Waals surface area contributed by atoms with Crippen molar-refractivity contribution in [2.24, 2.45) is 11.7 Å². The molecule has 0 aromatic carbocycles. The van der Waals surface area contributed by atoms with Gasteiger partial charge in [0, 0.05) is 18.4 Å². The lowest BCUT2D eigenvalue weighted by atomic mass is 9.94. The summed E-state index contributed by atoms with van der Waals surface area (Å²) < 4.78 is 0.